The zero-order valence-corrected chi connectivity index (χ0v) is 12.2. The number of aliphatic carboxylic acids is 1. The van der Waals surface area contributed by atoms with Crippen molar-refractivity contribution in [1.29, 1.82) is 0 Å². The van der Waals surface area contributed by atoms with Gasteiger partial charge >= 0.3 is 5.97 Å². The first-order chi connectivity index (χ1) is 8.90. The lowest BCUT2D eigenvalue weighted by atomic mass is 10.1. The van der Waals surface area contributed by atoms with Crippen molar-refractivity contribution in [2.24, 2.45) is 0 Å². The molecule has 0 aliphatic carbocycles. The lowest BCUT2D eigenvalue weighted by molar-refractivity contribution is -0.137. The number of carboxylic acid groups (broad SMARTS) is 1. The molecule has 0 atom stereocenters. The number of likely N-dealkylation sites (N-methyl/N-ethyl adjacent to an activating group) is 1. The Bertz CT molecular complexity index is 420. The lowest BCUT2D eigenvalue weighted by Crippen LogP contribution is -2.26. The fourth-order valence-corrected chi connectivity index (χ4v) is 2.10. The number of aryl methyl sites for hydroxylation is 3. The summed E-state index contributed by atoms with van der Waals surface area (Å²) in [6.07, 6.45) is 0.166. The highest BCUT2D eigenvalue weighted by Crippen LogP contribution is 2.24. The van der Waals surface area contributed by atoms with Gasteiger partial charge in [0, 0.05) is 13.1 Å². The highest BCUT2D eigenvalue weighted by Gasteiger charge is 2.06. The molecule has 0 aliphatic heterocycles. The quantitative estimate of drug-likeness (QED) is 0.822. The minimum Gasteiger partial charge on any atom is -0.492 e. The van der Waals surface area contributed by atoms with Gasteiger partial charge in [-0.05, 0) is 38.9 Å². The number of carbonyl (C=O) groups is 1. The normalized spacial score (nSPS) is 10.8. The van der Waals surface area contributed by atoms with Crippen LogP contribution in [-0.2, 0) is 4.79 Å². The standard InChI is InChI=1S/C15H23NO3/c1-11-9-12(2)15(13(3)10-11)19-8-7-16(4)6-5-14(17)18/h9-10H,5-8H2,1-4H3,(H,17,18). The monoisotopic (exact) mass is 265 g/mol. The molecule has 1 aromatic rings. The van der Waals surface area contributed by atoms with E-state index in [0.29, 0.717) is 13.2 Å². The molecule has 1 N–H and O–H groups in total. The predicted octanol–water partition coefficient (Wildman–Crippen LogP) is 2.40. The molecule has 0 saturated heterocycles. The molecule has 1 aromatic carbocycles. The summed E-state index contributed by atoms with van der Waals surface area (Å²) in [7, 11) is 1.90. The maximum atomic E-state index is 10.5. The van der Waals surface area contributed by atoms with Crippen LogP contribution in [0.15, 0.2) is 12.1 Å². The van der Waals surface area contributed by atoms with Gasteiger partial charge in [0.15, 0.2) is 0 Å². The van der Waals surface area contributed by atoms with Crippen molar-refractivity contribution < 1.29 is 14.6 Å². The van der Waals surface area contributed by atoms with Crippen molar-refractivity contribution in [2.75, 3.05) is 26.7 Å². The highest BCUT2D eigenvalue weighted by atomic mass is 16.5. The summed E-state index contributed by atoms with van der Waals surface area (Å²) in [5.74, 6) is 0.176. The third kappa shape index (κ3) is 5.30. The number of carboxylic acids is 1. The summed E-state index contributed by atoms with van der Waals surface area (Å²) in [6.45, 7) is 8.00. The van der Waals surface area contributed by atoms with Crippen LogP contribution < -0.4 is 4.74 Å². The molecule has 0 radical (unpaired) electrons. The molecule has 0 spiro atoms. The van der Waals surface area contributed by atoms with Gasteiger partial charge in [-0.25, -0.2) is 0 Å². The molecule has 0 heterocycles. The number of hydrogen-bond acceptors (Lipinski definition) is 3. The Kier molecular flexibility index (Phi) is 5.83. The number of benzene rings is 1. The molecule has 19 heavy (non-hydrogen) atoms. The van der Waals surface area contributed by atoms with Crippen molar-refractivity contribution in [3.8, 4) is 5.75 Å². The fourth-order valence-electron chi connectivity index (χ4n) is 2.10. The minimum absolute atomic E-state index is 0.166. The van der Waals surface area contributed by atoms with Crippen LogP contribution in [0, 0.1) is 20.8 Å². The summed E-state index contributed by atoms with van der Waals surface area (Å²) in [4.78, 5) is 12.4. The van der Waals surface area contributed by atoms with Crippen molar-refractivity contribution >= 4 is 5.97 Å². The molecule has 0 saturated carbocycles. The summed E-state index contributed by atoms with van der Waals surface area (Å²) >= 11 is 0. The third-order valence-electron chi connectivity index (χ3n) is 3.03. The molecular formula is C15H23NO3. The van der Waals surface area contributed by atoms with Crippen molar-refractivity contribution in [3.05, 3.63) is 28.8 Å². The van der Waals surface area contributed by atoms with Gasteiger partial charge < -0.3 is 14.7 Å². The molecule has 4 heteroatoms. The molecule has 0 fully saturated rings. The Balaban J connectivity index is 2.43. The van der Waals surface area contributed by atoms with Crippen molar-refractivity contribution in [1.82, 2.24) is 4.90 Å². The second-order valence-corrected chi connectivity index (χ2v) is 5.02. The summed E-state index contributed by atoms with van der Waals surface area (Å²) < 4.78 is 5.81. The first-order valence-electron chi connectivity index (χ1n) is 6.51. The van der Waals surface area contributed by atoms with E-state index in [4.69, 9.17) is 9.84 Å². The molecule has 0 bridgehead atoms. The summed E-state index contributed by atoms with van der Waals surface area (Å²) in [6, 6.07) is 4.22. The second kappa shape index (κ2) is 7.14. The molecule has 0 amide bonds. The van der Waals surface area contributed by atoms with E-state index in [0.717, 1.165) is 23.4 Å². The Morgan fingerprint density at radius 1 is 1.21 bits per heavy atom. The first-order valence-corrected chi connectivity index (χ1v) is 6.51. The zero-order chi connectivity index (χ0) is 14.4. The Labute approximate surface area is 115 Å². The molecule has 0 unspecified atom stereocenters. The van der Waals surface area contributed by atoms with Gasteiger partial charge in [-0.1, -0.05) is 17.7 Å². The average Bonchev–Trinajstić information content (AvgIpc) is 2.29. The van der Waals surface area contributed by atoms with Crippen molar-refractivity contribution in [3.63, 3.8) is 0 Å². The Morgan fingerprint density at radius 2 is 1.79 bits per heavy atom. The maximum Gasteiger partial charge on any atom is 0.304 e. The minimum atomic E-state index is -0.766. The van der Waals surface area contributed by atoms with E-state index in [1.54, 1.807) is 0 Å². The van der Waals surface area contributed by atoms with E-state index < -0.39 is 5.97 Å². The van der Waals surface area contributed by atoms with Gasteiger partial charge in [0.25, 0.3) is 0 Å². The van der Waals surface area contributed by atoms with Gasteiger partial charge in [0.1, 0.15) is 12.4 Å². The molecule has 0 aromatic heterocycles. The van der Waals surface area contributed by atoms with Gasteiger partial charge in [-0.3, -0.25) is 4.79 Å². The van der Waals surface area contributed by atoms with Crippen LogP contribution in [0.2, 0.25) is 0 Å². The summed E-state index contributed by atoms with van der Waals surface area (Å²) in [5, 5.41) is 8.61. The average molecular weight is 265 g/mol. The topological polar surface area (TPSA) is 49.8 Å². The number of hydrogen-bond donors (Lipinski definition) is 1. The van der Waals surface area contributed by atoms with Gasteiger partial charge in [0.05, 0.1) is 6.42 Å². The van der Waals surface area contributed by atoms with Gasteiger partial charge in [-0.2, -0.15) is 0 Å². The predicted molar refractivity (Wildman–Crippen MR) is 75.9 cm³/mol. The Hall–Kier alpha value is -1.55. The molecular weight excluding hydrogens is 242 g/mol. The van der Waals surface area contributed by atoms with Crippen LogP contribution in [0.5, 0.6) is 5.75 Å². The maximum absolute atomic E-state index is 10.5. The van der Waals surface area contributed by atoms with Crippen LogP contribution >= 0.6 is 0 Å². The molecule has 4 nitrogen and oxygen atoms in total. The van der Waals surface area contributed by atoms with Crippen LogP contribution in [0.3, 0.4) is 0 Å². The Morgan fingerprint density at radius 3 is 2.32 bits per heavy atom. The highest BCUT2D eigenvalue weighted by molar-refractivity contribution is 5.66. The molecule has 1 rings (SSSR count). The van der Waals surface area contributed by atoms with Crippen molar-refractivity contribution in [2.45, 2.75) is 27.2 Å². The number of nitrogens with zero attached hydrogens (tertiary/aromatic N) is 1. The van der Waals surface area contributed by atoms with E-state index in [-0.39, 0.29) is 6.42 Å². The van der Waals surface area contributed by atoms with Gasteiger partial charge in [0.2, 0.25) is 0 Å². The second-order valence-electron chi connectivity index (χ2n) is 5.02. The van der Waals surface area contributed by atoms with E-state index in [9.17, 15) is 4.79 Å². The lowest BCUT2D eigenvalue weighted by Gasteiger charge is -2.18. The molecule has 106 valence electrons. The number of ether oxygens (including phenoxy) is 1. The fraction of sp³-hybridized carbons (Fsp3) is 0.533. The van der Waals surface area contributed by atoms with Gasteiger partial charge in [-0.15, -0.1) is 0 Å². The van der Waals surface area contributed by atoms with E-state index in [2.05, 4.69) is 19.1 Å². The molecule has 0 aliphatic rings. The van der Waals surface area contributed by atoms with Crippen LogP contribution in [-0.4, -0.2) is 42.7 Å². The van der Waals surface area contributed by atoms with Crippen LogP contribution in [0.25, 0.3) is 0 Å². The van der Waals surface area contributed by atoms with Crippen LogP contribution in [0.4, 0.5) is 0 Å². The summed E-state index contributed by atoms with van der Waals surface area (Å²) in [5.41, 5.74) is 3.53. The smallest absolute Gasteiger partial charge is 0.304 e. The third-order valence-corrected chi connectivity index (χ3v) is 3.03. The largest absolute Gasteiger partial charge is 0.492 e. The van der Waals surface area contributed by atoms with Crippen LogP contribution in [0.1, 0.15) is 23.1 Å². The number of rotatable bonds is 7. The van der Waals surface area contributed by atoms with E-state index in [1.165, 1.54) is 5.56 Å². The first kappa shape index (κ1) is 15.5. The van der Waals surface area contributed by atoms with E-state index in [1.807, 2.05) is 25.8 Å². The zero-order valence-electron chi connectivity index (χ0n) is 12.2. The van der Waals surface area contributed by atoms with E-state index >= 15 is 0 Å². The SMILES string of the molecule is Cc1cc(C)c(OCCN(C)CCC(=O)O)c(C)c1.